The first kappa shape index (κ1) is 21.9. The van der Waals surface area contributed by atoms with Crippen molar-refractivity contribution in [1.29, 1.82) is 0 Å². The lowest BCUT2D eigenvalue weighted by molar-refractivity contribution is 0.0194. The van der Waals surface area contributed by atoms with E-state index in [2.05, 4.69) is 22.0 Å². The smallest absolute Gasteiger partial charge is 0.194 e. The number of nitrogens with zero attached hydrogens (tertiary/aromatic N) is 3. The van der Waals surface area contributed by atoms with E-state index in [-0.39, 0.29) is 24.0 Å². The van der Waals surface area contributed by atoms with Gasteiger partial charge >= 0.3 is 0 Å². The van der Waals surface area contributed by atoms with Crippen LogP contribution in [-0.2, 0) is 4.74 Å². The predicted molar refractivity (Wildman–Crippen MR) is 109 cm³/mol. The van der Waals surface area contributed by atoms with E-state index in [4.69, 9.17) is 9.73 Å². The molecule has 0 aromatic rings. The number of halogens is 1. The summed E-state index contributed by atoms with van der Waals surface area (Å²) >= 11 is 0. The molecule has 24 heavy (non-hydrogen) atoms. The minimum atomic E-state index is -0.677. The summed E-state index contributed by atoms with van der Waals surface area (Å²) < 4.78 is 5.45. The highest BCUT2D eigenvalue weighted by atomic mass is 127. The van der Waals surface area contributed by atoms with Gasteiger partial charge in [-0.15, -0.1) is 24.0 Å². The third kappa shape index (κ3) is 6.00. The van der Waals surface area contributed by atoms with Crippen molar-refractivity contribution in [2.24, 2.45) is 4.99 Å². The second-order valence-corrected chi connectivity index (χ2v) is 6.64. The third-order valence-corrected chi connectivity index (χ3v) is 5.20. The zero-order valence-electron chi connectivity index (χ0n) is 15.5. The van der Waals surface area contributed by atoms with Gasteiger partial charge in [0.1, 0.15) is 0 Å². The van der Waals surface area contributed by atoms with E-state index >= 15 is 0 Å². The summed E-state index contributed by atoms with van der Waals surface area (Å²) in [5, 5.41) is 13.9. The minimum Gasteiger partial charge on any atom is -0.388 e. The molecule has 0 aromatic carbocycles. The number of hydrogen-bond donors (Lipinski definition) is 2. The summed E-state index contributed by atoms with van der Waals surface area (Å²) in [6, 6.07) is 0.596. The first-order valence-electron chi connectivity index (χ1n) is 9.19. The number of aliphatic imine (C=N–C) groups is 1. The molecule has 6 nitrogen and oxygen atoms in total. The highest BCUT2D eigenvalue weighted by molar-refractivity contribution is 14.0. The Labute approximate surface area is 164 Å². The minimum absolute atomic E-state index is 0. The van der Waals surface area contributed by atoms with Crippen molar-refractivity contribution in [3.05, 3.63) is 0 Å². The molecule has 1 unspecified atom stereocenters. The number of morpholine rings is 1. The fourth-order valence-corrected chi connectivity index (χ4v) is 3.30. The van der Waals surface area contributed by atoms with Gasteiger partial charge in [0.05, 0.1) is 25.4 Å². The van der Waals surface area contributed by atoms with Crippen molar-refractivity contribution in [2.75, 3.05) is 52.5 Å². The van der Waals surface area contributed by atoms with Crippen molar-refractivity contribution >= 4 is 29.9 Å². The molecule has 0 aliphatic carbocycles. The SMILES string of the molecule is CCNC(=NCC(O)(CC)CC)N1CCC(N2CCOCC2)C1.I. The number of aliphatic hydroxyl groups is 1. The number of likely N-dealkylation sites (tertiary alicyclic amines) is 1. The Bertz CT molecular complexity index is 385. The lowest BCUT2D eigenvalue weighted by Gasteiger charge is -2.32. The average molecular weight is 454 g/mol. The van der Waals surface area contributed by atoms with Crippen LogP contribution in [0.4, 0.5) is 0 Å². The predicted octanol–water partition coefficient (Wildman–Crippen LogP) is 1.53. The zero-order valence-corrected chi connectivity index (χ0v) is 17.8. The Balaban J connectivity index is 0.00000288. The molecule has 0 saturated carbocycles. The second-order valence-electron chi connectivity index (χ2n) is 6.64. The number of nitrogens with one attached hydrogen (secondary N) is 1. The molecule has 2 rings (SSSR count). The summed E-state index contributed by atoms with van der Waals surface area (Å²) in [5.41, 5.74) is -0.677. The van der Waals surface area contributed by atoms with E-state index in [0.29, 0.717) is 12.6 Å². The van der Waals surface area contributed by atoms with Crippen molar-refractivity contribution in [3.8, 4) is 0 Å². The molecule has 2 aliphatic heterocycles. The molecular weight excluding hydrogens is 419 g/mol. The fraction of sp³-hybridized carbons (Fsp3) is 0.941. The average Bonchev–Trinajstić information content (AvgIpc) is 3.09. The quantitative estimate of drug-likeness (QED) is 0.362. The Morgan fingerprint density at radius 2 is 1.88 bits per heavy atom. The Morgan fingerprint density at radius 1 is 1.21 bits per heavy atom. The maximum atomic E-state index is 10.5. The van der Waals surface area contributed by atoms with E-state index < -0.39 is 5.60 Å². The highest BCUT2D eigenvalue weighted by Crippen LogP contribution is 2.18. The molecule has 7 heteroatoms. The van der Waals surface area contributed by atoms with Crippen LogP contribution in [0.5, 0.6) is 0 Å². The summed E-state index contributed by atoms with van der Waals surface area (Å²) in [5.74, 6) is 0.948. The first-order chi connectivity index (χ1) is 11.1. The largest absolute Gasteiger partial charge is 0.388 e. The third-order valence-electron chi connectivity index (χ3n) is 5.20. The van der Waals surface area contributed by atoms with Crippen LogP contribution in [0, 0.1) is 0 Å². The van der Waals surface area contributed by atoms with Gasteiger partial charge < -0.3 is 20.1 Å². The maximum absolute atomic E-state index is 10.5. The molecule has 0 amide bonds. The van der Waals surface area contributed by atoms with Crippen LogP contribution in [-0.4, -0.2) is 85.0 Å². The van der Waals surface area contributed by atoms with Gasteiger partial charge in [0.2, 0.25) is 0 Å². The normalized spacial score (nSPS) is 23.2. The molecule has 0 spiro atoms. The van der Waals surface area contributed by atoms with Crippen LogP contribution in [0.3, 0.4) is 0 Å². The van der Waals surface area contributed by atoms with E-state index in [1.54, 1.807) is 0 Å². The van der Waals surface area contributed by atoms with Crippen LogP contribution in [0.15, 0.2) is 4.99 Å². The number of ether oxygens (including phenoxy) is 1. The maximum Gasteiger partial charge on any atom is 0.194 e. The molecule has 2 N–H and O–H groups in total. The van der Waals surface area contributed by atoms with E-state index in [0.717, 1.165) is 64.7 Å². The zero-order chi connectivity index (χ0) is 16.7. The van der Waals surface area contributed by atoms with Gasteiger partial charge in [-0.3, -0.25) is 9.89 Å². The molecule has 0 aromatic heterocycles. The van der Waals surface area contributed by atoms with Crippen LogP contribution in [0.25, 0.3) is 0 Å². The van der Waals surface area contributed by atoms with Gasteiger partial charge in [0.15, 0.2) is 5.96 Å². The van der Waals surface area contributed by atoms with Crippen LogP contribution >= 0.6 is 24.0 Å². The number of guanidine groups is 1. The lowest BCUT2D eigenvalue weighted by atomic mass is 9.98. The molecule has 1 atom stereocenters. The Hall–Kier alpha value is -0.120. The van der Waals surface area contributed by atoms with Gasteiger partial charge in [-0.2, -0.15) is 0 Å². The number of hydrogen-bond acceptors (Lipinski definition) is 4. The van der Waals surface area contributed by atoms with Crippen molar-refractivity contribution in [1.82, 2.24) is 15.1 Å². The standard InChI is InChI=1S/C17H34N4O2.HI/c1-4-17(22,5-2)14-19-16(18-6-3)21-8-7-15(13-21)20-9-11-23-12-10-20;/h15,22H,4-14H2,1-3H3,(H,18,19);1H. The molecule has 2 saturated heterocycles. The van der Waals surface area contributed by atoms with Crippen molar-refractivity contribution in [2.45, 2.75) is 51.7 Å². The summed E-state index contributed by atoms with van der Waals surface area (Å²) in [4.78, 5) is 9.61. The first-order valence-corrected chi connectivity index (χ1v) is 9.19. The molecule has 2 fully saturated rings. The number of rotatable bonds is 6. The van der Waals surface area contributed by atoms with Gasteiger partial charge in [0.25, 0.3) is 0 Å². The van der Waals surface area contributed by atoms with Crippen LogP contribution in [0.2, 0.25) is 0 Å². The van der Waals surface area contributed by atoms with Crippen molar-refractivity contribution in [3.63, 3.8) is 0 Å². The second kappa shape index (κ2) is 10.8. The van der Waals surface area contributed by atoms with Crippen molar-refractivity contribution < 1.29 is 9.84 Å². The fourth-order valence-electron chi connectivity index (χ4n) is 3.30. The van der Waals surface area contributed by atoms with Crippen LogP contribution in [0.1, 0.15) is 40.0 Å². The molecule has 2 aliphatic rings. The Kier molecular flexibility index (Phi) is 9.84. The molecule has 0 radical (unpaired) electrons. The highest BCUT2D eigenvalue weighted by Gasteiger charge is 2.30. The lowest BCUT2D eigenvalue weighted by Crippen LogP contribution is -2.47. The van der Waals surface area contributed by atoms with E-state index in [1.165, 1.54) is 6.42 Å². The summed E-state index contributed by atoms with van der Waals surface area (Å²) in [6.45, 7) is 13.3. The van der Waals surface area contributed by atoms with Gasteiger partial charge in [-0.25, -0.2) is 0 Å². The van der Waals surface area contributed by atoms with Crippen LogP contribution < -0.4 is 5.32 Å². The van der Waals surface area contributed by atoms with E-state index in [1.807, 2.05) is 13.8 Å². The van der Waals surface area contributed by atoms with Gasteiger partial charge in [0, 0.05) is 38.8 Å². The van der Waals surface area contributed by atoms with E-state index in [9.17, 15) is 5.11 Å². The molecule has 142 valence electrons. The topological polar surface area (TPSA) is 60.3 Å². The monoisotopic (exact) mass is 454 g/mol. The summed E-state index contributed by atoms with van der Waals surface area (Å²) in [6.07, 6.45) is 2.65. The molecule has 2 heterocycles. The Morgan fingerprint density at radius 3 is 2.46 bits per heavy atom. The molecular formula is C17H35IN4O2. The molecule has 0 bridgehead atoms. The van der Waals surface area contributed by atoms with Gasteiger partial charge in [-0.1, -0.05) is 13.8 Å². The van der Waals surface area contributed by atoms with Gasteiger partial charge in [-0.05, 0) is 26.2 Å². The summed E-state index contributed by atoms with van der Waals surface area (Å²) in [7, 11) is 0.